The number of hydrogen-bond donors (Lipinski definition) is 2. The summed E-state index contributed by atoms with van der Waals surface area (Å²) in [7, 11) is 1.92. The second-order valence-electron chi connectivity index (χ2n) is 6.94. The molecule has 0 aromatic heterocycles. The smallest absolute Gasteiger partial charge is 0.230 e. The number of benzene rings is 1. The third-order valence-electron chi connectivity index (χ3n) is 5.63. The molecule has 0 aliphatic heterocycles. The number of fused-ring (bicyclic) bond motifs is 3. The fourth-order valence-corrected chi connectivity index (χ4v) is 3.91. The number of anilines is 1. The lowest BCUT2D eigenvalue weighted by Crippen LogP contribution is -2.48. The van der Waals surface area contributed by atoms with E-state index in [2.05, 4.69) is 10.6 Å². The van der Waals surface area contributed by atoms with Gasteiger partial charge in [0.2, 0.25) is 5.91 Å². The van der Waals surface area contributed by atoms with Crippen molar-refractivity contribution in [1.82, 2.24) is 5.32 Å². The molecule has 0 unspecified atom stereocenters. The fraction of sp³-hybridized carbons (Fsp3) is 0.556. The third-order valence-corrected chi connectivity index (χ3v) is 5.63. The first-order valence-electron chi connectivity index (χ1n) is 8.13. The van der Waals surface area contributed by atoms with Crippen LogP contribution in [0.15, 0.2) is 24.3 Å². The maximum atomic E-state index is 12.7. The minimum Gasteiger partial charge on any atom is -0.326 e. The van der Waals surface area contributed by atoms with Gasteiger partial charge in [-0.1, -0.05) is 12.1 Å². The van der Waals surface area contributed by atoms with Crippen molar-refractivity contribution < 1.29 is 9.59 Å². The predicted molar refractivity (Wildman–Crippen MR) is 86.5 cm³/mol. The molecule has 0 atom stereocenters. The van der Waals surface area contributed by atoms with E-state index in [1.165, 1.54) is 5.56 Å². The van der Waals surface area contributed by atoms with Gasteiger partial charge in [0.15, 0.2) is 0 Å². The lowest BCUT2D eigenvalue weighted by atomic mass is 9.54. The maximum absolute atomic E-state index is 12.7. The van der Waals surface area contributed by atoms with Crippen LogP contribution >= 0.6 is 0 Å². The van der Waals surface area contributed by atoms with E-state index in [0.717, 1.165) is 57.0 Å². The standard InChI is InChI=1S/C18H24N2O2/c1-19-12-14-2-4-15(5-3-14)20-16(22)18-9-6-17(13-21,7-10-18)8-11-18/h2-5,13,19H,6-12H2,1H3,(H,20,22). The molecule has 3 aliphatic rings. The molecule has 0 radical (unpaired) electrons. The van der Waals surface area contributed by atoms with Crippen molar-refractivity contribution in [2.75, 3.05) is 12.4 Å². The molecule has 0 saturated heterocycles. The molecule has 118 valence electrons. The topological polar surface area (TPSA) is 58.2 Å². The van der Waals surface area contributed by atoms with E-state index in [1.54, 1.807) is 0 Å². The summed E-state index contributed by atoms with van der Waals surface area (Å²) in [6, 6.07) is 7.98. The summed E-state index contributed by atoms with van der Waals surface area (Å²) in [4.78, 5) is 24.0. The van der Waals surface area contributed by atoms with E-state index in [0.29, 0.717) is 0 Å². The molecule has 1 aromatic rings. The normalized spacial score (nSPS) is 30.0. The van der Waals surface area contributed by atoms with E-state index in [4.69, 9.17) is 0 Å². The maximum Gasteiger partial charge on any atom is 0.230 e. The predicted octanol–water partition coefficient (Wildman–Crippen LogP) is 2.88. The molecular formula is C18H24N2O2. The summed E-state index contributed by atoms with van der Waals surface area (Å²) in [5, 5.41) is 6.19. The Kier molecular flexibility index (Phi) is 4.04. The minimum absolute atomic E-state index is 0.128. The minimum atomic E-state index is -0.256. The van der Waals surface area contributed by atoms with Gasteiger partial charge in [-0.15, -0.1) is 0 Å². The van der Waals surface area contributed by atoms with Crippen molar-refractivity contribution in [1.29, 1.82) is 0 Å². The third kappa shape index (κ3) is 2.68. The molecule has 4 rings (SSSR count). The van der Waals surface area contributed by atoms with Crippen LogP contribution in [0.3, 0.4) is 0 Å². The monoisotopic (exact) mass is 300 g/mol. The molecule has 2 N–H and O–H groups in total. The zero-order valence-electron chi connectivity index (χ0n) is 13.2. The fourth-order valence-electron chi connectivity index (χ4n) is 3.91. The second-order valence-corrected chi connectivity index (χ2v) is 6.94. The molecule has 22 heavy (non-hydrogen) atoms. The first-order chi connectivity index (χ1) is 10.6. The second kappa shape index (κ2) is 5.84. The van der Waals surface area contributed by atoms with Crippen LogP contribution in [0.5, 0.6) is 0 Å². The average molecular weight is 300 g/mol. The Labute approximate surface area is 131 Å². The van der Waals surface area contributed by atoms with Crippen LogP contribution in [0, 0.1) is 10.8 Å². The number of amides is 1. The van der Waals surface area contributed by atoms with Gasteiger partial charge in [-0.25, -0.2) is 0 Å². The molecule has 3 aliphatic carbocycles. The Morgan fingerprint density at radius 1 is 1.09 bits per heavy atom. The first-order valence-corrected chi connectivity index (χ1v) is 8.13. The van der Waals surface area contributed by atoms with Crippen molar-refractivity contribution in [3.05, 3.63) is 29.8 Å². The van der Waals surface area contributed by atoms with Crippen molar-refractivity contribution in [3.8, 4) is 0 Å². The highest BCUT2D eigenvalue weighted by atomic mass is 16.2. The van der Waals surface area contributed by atoms with Crippen LogP contribution in [0.25, 0.3) is 0 Å². The number of carbonyl (C=O) groups is 2. The van der Waals surface area contributed by atoms with Crippen molar-refractivity contribution in [2.45, 2.75) is 45.1 Å². The van der Waals surface area contributed by atoms with E-state index in [1.807, 2.05) is 31.3 Å². The number of rotatable bonds is 5. The molecular weight excluding hydrogens is 276 g/mol. The summed E-state index contributed by atoms with van der Waals surface area (Å²) in [5.74, 6) is 0.132. The van der Waals surface area contributed by atoms with Gasteiger partial charge in [0.1, 0.15) is 6.29 Å². The largest absolute Gasteiger partial charge is 0.326 e. The van der Waals surface area contributed by atoms with Crippen molar-refractivity contribution >= 4 is 17.9 Å². The van der Waals surface area contributed by atoms with E-state index in [9.17, 15) is 9.59 Å². The number of carbonyl (C=O) groups excluding carboxylic acids is 2. The van der Waals surface area contributed by atoms with E-state index in [-0.39, 0.29) is 16.7 Å². The summed E-state index contributed by atoms with van der Waals surface area (Å²) in [5.41, 5.74) is 1.67. The highest BCUT2D eigenvalue weighted by molar-refractivity contribution is 5.95. The molecule has 4 heteroatoms. The summed E-state index contributed by atoms with van der Waals surface area (Å²) < 4.78 is 0. The van der Waals surface area contributed by atoms with Gasteiger partial charge in [-0.3, -0.25) is 4.79 Å². The molecule has 3 fully saturated rings. The lowest BCUT2D eigenvalue weighted by molar-refractivity contribution is -0.139. The van der Waals surface area contributed by atoms with Gasteiger partial charge in [0.25, 0.3) is 0 Å². The average Bonchev–Trinajstić information content (AvgIpc) is 2.58. The molecule has 1 aromatic carbocycles. The number of hydrogen-bond acceptors (Lipinski definition) is 3. The highest BCUT2D eigenvalue weighted by Crippen LogP contribution is 2.56. The lowest BCUT2D eigenvalue weighted by Gasteiger charge is -2.49. The van der Waals surface area contributed by atoms with Crippen molar-refractivity contribution in [3.63, 3.8) is 0 Å². The summed E-state index contributed by atoms with van der Waals surface area (Å²) in [6.07, 6.45) is 6.26. The Morgan fingerprint density at radius 2 is 1.68 bits per heavy atom. The molecule has 2 bridgehead atoms. The summed E-state index contributed by atoms with van der Waals surface area (Å²) in [6.45, 7) is 0.825. The van der Waals surface area contributed by atoms with Crippen LogP contribution in [-0.4, -0.2) is 19.2 Å². The van der Waals surface area contributed by atoms with Gasteiger partial charge >= 0.3 is 0 Å². The number of nitrogens with one attached hydrogen (secondary N) is 2. The molecule has 0 spiro atoms. The van der Waals surface area contributed by atoms with E-state index >= 15 is 0 Å². The van der Waals surface area contributed by atoms with Crippen LogP contribution in [0.4, 0.5) is 5.69 Å². The van der Waals surface area contributed by atoms with Crippen LogP contribution in [-0.2, 0) is 16.1 Å². The molecule has 4 nitrogen and oxygen atoms in total. The van der Waals surface area contributed by atoms with Gasteiger partial charge in [-0.05, 0) is 63.3 Å². The first kappa shape index (κ1) is 15.2. The van der Waals surface area contributed by atoms with Crippen LogP contribution in [0.2, 0.25) is 0 Å². The summed E-state index contributed by atoms with van der Waals surface area (Å²) >= 11 is 0. The van der Waals surface area contributed by atoms with Crippen LogP contribution in [0.1, 0.15) is 44.1 Å². The Hall–Kier alpha value is -1.68. The van der Waals surface area contributed by atoms with E-state index < -0.39 is 0 Å². The Bertz CT molecular complexity index is 540. The number of aldehydes is 1. The molecule has 1 amide bonds. The van der Waals surface area contributed by atoms with Gasteiger partial charge in [0, 0.05) is 23.1 Å². The zero-order chi connectivity index (χ0) is 15.6. The quantitative estimate of drug-likeness (QED) is 0.822. The van der Waals surface area contributed by atoms with Gasteiger partial charge in [-0.2, -0.15) is 0 Å². The van der Waals surface area contributed by atoms with Crippen LogP contribution < -0.4 is 10.6 Å². The van der Waals surface area contributed by atoms with Gasteiger partial charge < -0.3 is 15.4 Å². The van der Waals surface area contributed by atoms with Crippen molar-refractivity contribution in [2.24, 2.45) is 10.8 Å². The zero-order valence-corrected chi connectivity index (χ0v) is 13.2. The highest BCUT2D eigenvalue weighted by Gasteiger charge is 2.52. The molecule has 3 saturated carbocycles. The van der Waals surface area contributed by atoms with Gasteiger partial charge in [0.05, 0.1) is 0 Å². The Morgan fingerprint density at radius 3 is 2.18 bits per heavy atom. The SMILES string of the molecule is CNCc1ccc(NC(=O)C23CCC(C=O)(CC2)CC3)cc1. The molecule has 0 heterocycles. The Balaban J connectivity index is 1.66.